The fourth-order valence-corrected chi connectivity index (χ4v) is 3.63. The van der Waals surface area contributed by atoms with Crippen LogP contribution < -0.4 is 5.73 Å². The number of amidine groups is 1. The number of hydrogen-bond donors (Lipinski definition) is 1. The lowest BCUT2D eigenvalue weighted by atomic mass is 9.85. The lowest BCUT2D eigenvalue weighted by Crippen LogP contribution is -2.43. The number of carbonyl (C=O) groups is 3. The average molecular weight is 395 g/mol. The molecule has 2 amide bonds. The van der Waals surface area contributed by atoms with Gasteiger partial charge in [0.1, 0.15) is 11.7 Å². The van der Waals surface area contributed by atoms with E-state index in [1.54, 1.807) is 6.92 Å². The molecule has 0 saturated heterocycles. The van der Waals surface area contributed by atoms with Crippen LogP contribution in [0.4, 0.5) is 4.39 Å². The van der Waals surface area contributed by atoms with Gasteiger partial charge < -0.3 is 5.73 Å². The first kappa shape index (κ1) is 20.4. The van der Waals surface area contributed by atoms with E-state index in [0.29, 0.717) is 12.3 Å². The molecular weight excluding hydrogens is 373 g/mol. The van der Waals surface area contributed by atoms with Crippen molar-refractivity contribution < 1.29 is 18.8 Å². The number of rotatable bonds is 7. The van der Waals surface area contributed by atoms with E-state index in [1.165, 1.54) is 17.0 Å². The summed E-state index contributed by atoms with van der Waals surface area (Å²) < 4.78 is 14.3. The molecule has 0 aromatic heterocycles. The normalized spacial score (nSPS) is 18.7. The number of nitrogens with zero attached hydrogens (tertiary/aromatic N) is 2. The minimum Gasteiger partial charge on any atom is -0.366 e. The van der Waals surface area contributed by atoms with Gasteiger partial charge in [-0.2, -0.15) is 0 Å². The van der Waals surface area contributed by atoms with Crippen LogP contribution in [0.5, 0.6) is 0 Å². The van der Waals surface area contributed by atoms with Crippen LogP contribution in [-0.2, 0) is 10.3 Å². The van der Waals surface area contributed by atoms with E-state index in [9.17, 15) is 18.8 Å². The molecule has 0 radical (unpaired) electrons. The molecule has 1 aliphatic rings. The van der Waals surface area contributed by atoms with Crippen molar-refractivity contribution in [1.82, 2.24) is 4.90 Å². The van der Waals surface area contributed by atoms with E-state index in [1.807, 2.05) is 37.3 Å². The minimum atomic E-state index is -1.07. The third-order valence-corrected chi connectivity index (χ3v) is 5.06. The molecule has 29 heavy (non-hydrogen) atoms. The Balaban J connectivity index is 1.89. The Morgan fingerprint density at radius 3 is 2.45 bits per heavy atom. The van der Waals surface area contributed by atoms with Crippen LogP contribution in [-0.4, -0.2) is 34.9 Å². The van der Waals surface area contributed by atoms with Gasteiger partial charge in [0, 0.05) is 5.56 Å². The number of ketones is 1. The summed E-state index contributed by atoms with van der Waals surface area (Å²) in [5.74, 6) is -2.11. The molecule has 0 spiro atoms. The van der Waals surface area contributed by atoms with E-state index in [2.05, 4.69) is 4.99 Å². The molecule has 2 N–H and O–H groups in total. The number of halogens is 1. The van der Waals surface area contributed by atoms with Crippen LogP contribution in [0.1, 0.15) is 53.0 Å². The Morgan fingerprint density at radius 2 is 1.86 bits per heavy atom. The number of Topliss-reactive ketones (excluding diaryl/α,β-unsaturated/α-hetero) is 1. The number of amides is 2. The molecule has 6 nitrogen and oxygen atoms in total. The summed E-state index contributed by atoms with van der Waals surface area (Å²) >= 11 is 0. The number of hydrogen-bond acceptors (Lipinski definition) is 4. The predicted molar refractivity (Wildman–Crippen MR) is 107 cm³/mol. The Labute approximate surface area is 168 Å². The Bertz CT molecular complexity index is 1000. The van der Waals surface area contributed by atoms with Crippen molar-refractivity contribution >= 4 is 23.4 Å². The summed E-state index contributed by atoms with van der Waals surface area (Å²) in [6.45, 7) is 3.30. The quantitative estimate of drug-likeness (QED) is 0.730. The van der Waals surface area contributed by atoms with Crippen LogP contribution in [0.2, 0.25) is 0 Å². The minimum absolute atomic E-state index is 0.0277. The van der Waals surface area contributed by atoms with Crippen molar-refractivity contribution in [1.29, 1.82) is 0 Å². The van der Waals surface area contributed by atoms with Crippen molar-refractivity contribution in [3.63, 3.8) is 0 Å². The van der Waals surface area contributed by atoms with Crippen molar-refractivity contribution in [3.8, 4) is 0 Å². The molecule has 7 heteroatoms. The highest BCUT2D eigenvalue weighted by atomic mass is 19.1. The first-order valence-corrected chi connectivity index (χ1v) is 9.36. The molecule has 150 valence electrons. The lowest BCUT2D eigenvalue weighted by molar-refractivity contribution is -0.131. The number of benzene rings is 2. The maximum atomic E-state index is 14.3. The molecule has 1 atom stereocenters. The third kappa shape index (κ3) is 3.68. The van der Waals surface area contributed by atoms with Crippen LogP contribution in [0.25, 0.3) is 0 Å². The zero-order chi connectivity index (χ0) is 21.2. The maximum absolute atomic E-state index is 14.3. The Hall–Kier alpha value is -3.35. The molecule has 0 fully saturated rings. The van der Waals surface area contributed by atoms with Crippen molar-refractivity contribution in [2.75, 3.05) is 6.54 Å². The topological polar surface area (TPSA) is 92.8 Å². The summed E-state index contributed by atoms with van der Waals surface area (Å²) in [6, 6.07) is 12.7. The number of primary amides is 1. The van der Waals surface area contributed by atoms with Gasteiger partial charge in [-0.15, -0.1) is 0 Å². The molecular formula is C22H22FN3O3. The van der Waals surface area contributed by atoms with Gasteiger partial charge in [-0.05, 0) is 37.1 Å². The summed E-state index contributed by atoms with van der Waals surface area (Å²) in [6.07, 6.45) is 1.22. The summed E-state index contributed by atoms with van der Waals surface area (Å²) in [5.41, 5.74) is 4.59. The van der Waals surface area contributed by atoms with Crippen molar-refractivity contribution in [2.24, 2.45) is 10.7 Å². The zero-order valence-electron chi connectivity index (χ0n) is 16.3. The van der Waals surface area contributed by atoms with Gasteiger partial charge in [0.25, 0.3) is 5.91 Å². The Kier molecular flexibility index (Phi) is 5.59. The second kappa shape index (κ2) is 7.95. The largest absolute Gasteiger partial charge is 0.366 e. The van der Waals surface area contributed by atoms with E-state index in [-0.39, 0.29) is 23.6 Å². The zero-order valence-corrected chi connectivity index (χ0v) is 16.3. The van der Waals surface area contributed by atoms with Gasteiger partial charge in [-0.3, -0.25) is 24.3 Å². The summed E-state index contributed by atoms with van der Waals surface area (Å²) in [7, 11) is 0. The second-order valence-electron chi connectivity index (χ2n) is 7.01. The molecule has 1 heterocycles. The first-order chi connectivity index (χ1) is 13.8. The molecule has 3 rings (SSSR count). The lowest BCUT2D eigenvalue weighted by Gasteiger charge is -2.26. The summed E-state index contributed by atoms with van der Waals surface area (Å²) in [5, 5.41) is 0. The van der Waals surface area contributed by atoms with Crippen LogP contribution >= 0.6 is 0 Å². The fourth-order valence-electron chi connectivity index (χ4n) is 3.63. The highest BCUT2D eigenvalue weighted by Gasteiger charge is 2.48. The fraction of sp³-hybridized carbons (Fsp3) is 0.273. The third-order valence-electron chi connectivity index (χ3n) is 5.06. The highest BCUT2D eigenvalue weighted by molar-refractivity contribution is 6.11. The Morgan fingerprint density at radius 1 is 1.17 bits per heavy atom. The molecule has 0 bridgehead atoms. The van der Waals surface area contributed by atoms with Gasteiger partial charge >= 0.3 is 0 Å². The van der Waals surface area contributed by atoms with Gasteiger partial charge in [-0.1, -0.05) is 43.7 Å². The van der Waals surface area contributed by atoms with E-state index < -0.39 is 23.0 Å². The van der Waals surface area contributed by atoms with Gasteiger partial charge in [-0.25, -0.2) is 4.39 Å². The SMILES string of the molecule is CCCC1(c2ccccc2)N=C(C)N(CC(=O)c2ccc(C(N)=O)cc2F)C1=O. The molecule has 2 aromatic rings. The second-order valence-corrected chi connectivity index (χ2v) is 7.01. The molecule has 1 aliphatic heterocycles. The number of aliphatic imine (C=N–C) groups is 1. The molecule has 0 aliphatic carbocycles. The predicted octanol–water partition coefficient (Wildman–Crippen LogP) is 3.06. The molecule has 1 unspecified atom stereocenters. The average Bonchev–Trinajstić information content (AvgIpc) is 2.93. The summed E-state index contributed by atoms with van der Waals surface area (Å²) in [4.78, 5) is 43.1. The maximum Gasteiger partial charge on any atom is 0.260 e. The number of carbonyl (C=O) groups excluding carboxylic acids is 3. The van der Waals surface area contributed by atoms with Crippen LogP contribution in [0.3, 0.4) is 0 Å². The van der Waals surface area contributed by atoms with Gasteiger partial charge in [0.15, 0.2) is 11.3 Å². The van der Waals surface area contributed by atoms with E-state index >= 15 is 0 Å². The van der Waals surface area contributed by atoms with E-state index in [4.69, 9.17) is 5.73 Å². The number of nitrogens with two attached hydrogens (primary N) is 1. The monoisotopic (exact) mass is 395 g/mol. The standard InChI is InChI=1S/C22H22FN3O3/c1-3-11-22(16-7-5-4-6-8-16)21(29)26(14(2)25-22)13-19(27)17-10-9-15(20(24)28)12-18(17)23/h4-10,12H,3,11,13H2,1-2H3,(H2,24,28). The van der Waals surface area contributed by atoms with Crippen molar-refractivity contribution in [3.05, 3.63) is 71.0 Å². The van der Waals surface area contributed by atoms with Crippen LogP contribution in [0.15, 0.2) is 53.5 Å². The smallest absolute Gasteiger partial charge is 0.260 e. The van der Waals surface area contributed by atoms with E-state index in [0.717, 1.165) is 18.1 Å². The highest BCUT2D eigenvalue weighted by Crippen LogP contribution is 2.38. The van der Waals surface area contributed by atoms with Crippen LogP contribution in [0, 0.1) is 5.82 Å². The first-order valence-electron chi connectivity index (χ1n) is 9.36. The molecule has 0 saturated carbocycles. The molecule has 2 aromatic carbocycles. The van der Waals surface area contributed by atoms with Gasteiger partial charge in [0.05, 0.1) is 12.1 Å². The van der Waals surface area contributed by atoms with Crippen molar-refractivity contribution in [2.45, 2.75) is 32.2 Å². The van der Waals surface area contributed by atoms with Gasteiger partial charge in [0.2, 0.25) is 5.91 Å².